The molecule has 0 aromatic heterocycles. The van der Waals surface area contributed by atoms with Crippen LogP contribution in [0.4, 0.5) is 0 Å². The third-order valence-corrected chi connectivity index (χ3v) is 1.51. The van der Waals surface area contributed by atoms with E-state index in [2.05, 4.69) is 6.92 Å². The van der Waals surface area contributed by atoms with Crippen LogP contribution in [0, 0.1) is 6.92 Å². The van der Waals surface area contributed by atoms with Crippen LogP contribution < -0.4 is 0 Å². The van der Waals surface area contributed by atoms with E-state index in [1.54, 1.807) is 0 Å². The van der Waals surface area contributed by atoms with Gasteiger partial charge in [-0.25, -0.2) is 0 Å². The zero-order chi connectivity index (χ0) is 9.72. The molecule has 0 aromatic carbocycles. The molecule has 0 aliphatic carbocycles. The van der Waals surface area contributed by atoms with Crippen LogP contribution in [0.1, 0.15) is 6.42 Å². The van der Waals surface area contributed by atoms with E-state index in [1.165, 1.54) is 0 Å². The molecule has 5 N–H and O–H groups in total. The maximum atomic E-state index is 9.07. The van der Waals surface area contributed by atoms with Gasteiger partial charge >= 0.3 is 0 Å². The first-order valence-electron chi connectivity index (χ1n) is 3.65. The molecule has 5 heteroatoms. The van der Waals surface area contributed by atoms with E-state index >= 15 is 0 Å². The van der Waals surface area contributed by atoms with Gasteiger partial charge in [0.2, 0.25) is 0 Å². The second-order valence-corrected chi connectivity index (χ2v) is 2.70. The van der Waals surface area contributed by atoms with E-state index in [-0.39, 0.29) is 6.42 Å². The SMILES string of the molecule is [CH2]C(O)C(O)C(O)CC(O)CO. The molecular weight excluding hydrogens is 164 g/mol. The highest BCUT2D eigenvalue weighted by Gasteiger charge is 2.23. The average Bonchev–Trinajstić information content (AvgIpc) is 2.02. The van der Waals surface area contributed by atoms with Crippen LogP contribution in [0.25, 0.3) is 0 Å². The Hall–Kier alpha value is -0.200. The van der Waals surface area contributed by atoms with Crippen LogP contribution >= 0.6 is 0 Å². The average molecular weight is 179 g/mol. The van der Waals surface area contributed by atoms with Crippen molar-refractivity contribution < 1.29 is 25.5 Å². The first-order valence-corrected chi connectivity index (χ1v) is 3.65. The van der Waals surface area contributed by atoms with E-state index in [9.17, 15) is 0 Å². The van der Waals surface area contributed by atoms with Gasteiger partial charge in [0, 0.05) is 6.42 Å². The molecule has 5 nitrogen and oxygen atoms in total. The summed E-state index contributed by atoms with van der Waals surface area (Å²) < 4.78 is 0. The van der Waals surface area contributed by atoms with E-state index in [0.717, 1.165) is 0 Å². The van der Waals surface area contributed by atoms with Gasteiger partial charge in [0.1, 0.15) is 6.10 Å². The van der Waals surface area contributed by atoms with Crippen LogP contribution in [0.2, 0.25) is 0 Å². The molecule has 0 saturated heterocycles. The van der Waals surface area contributed by atoms with Gasteiger partial charge in [0.25, 0.3) is 0 Å². The Morgan fingerprint density at radius 3 is 1.92 bits per heavy atom. The topological polar surface area (TPSA) is 101 Å². The van der Waals surface area contributed by atoms with Gasteiger partial charge in [-0.3, -0.25) is 0 Å². The highest BCUT2D eigenvalue weighted by molar-refractivity contribution is 4.78. The van der Waals surface area contributed by atoms with Crippen molar-refractivity contribution in [1.82, 2.24) is 0 Å². The normalized spacial score (nSPS) is 21.5. The standard InChI is InChI=1S/C7H15O5/c1-4(9)7(12)6(11)2-5(10)3-8/h4-12H,1-3H2. The van der Waals surface area contributed by atoms with Gasteiger partial charge in [0.05, 0.1) is 24.9 Å². The molecule has 12 heavy (non-hydrogen) atoms. The van der Waals surface area contributed by atoms with Crippen molar-refractivity contribution >= 4 is 0 Å². The van der Waals surface area contributed by atoms with Gasteiger partial charge in [-0.05, 0) is 6.92 Å². The molecule has 4 atom stereocenters. The van der Waals surface area contributed by atoms with E-state index < -0.39 is 31.0 Å². The zero-order valence-corrected chi connectivity index (χ0v) is 6.67. The third kappa shape index (κ3) is 3.99. The smallest absolute Gasteiger partial charge is 0.106 e. The van der Waals surface area contributed by atoms with Gasteiger partial charge in [0.15, 0.2) is 0 Å². The summed E-state index contributed by atoms with van der Waals surface area (Å²) in [5, 5.41) is 44.0. The molecule has 0 bridgehead atoms. The molecule has 4 unspecified atom stereocenters. The van der Waals surface area contributed by atoms with E-state index in [0.29, 0.717) is 0 Å². The lowest BCUT2D eigenvalue weighted by Gasteiger charge is -2.21. The number of aliphatic hydroxyl groups is 5. The minimum absolute atomic E-state index is 0.190. The van der Waals surface area contributed by atoms with Crippen molar-refractivity contribution in [2.24, 2.45) is 0 Å². The van der Waals surface area contributed by atoms with Crippen LogP contribution in [-0.4, -0.2) is 56.6 Å². The summed E-state index contributed by atoms with van der Waals surface area (Å²) in [5.74, 6) is 0. The summed E-state index contributed by atoms with van der Waals surface area (Å²) in [6.07, 6.45) is -5.25. The Bertz CT molecular complexity index is 116. The summed E-state index contributed by atoms with van der Waals surface area (Å²) in [4.78, 5) is 0. The Labute approximate surface area is 70.9 Å². The van der Waals surface area contributed by atoms with Crippen molar-refractivity contribution in [3.63, 3.8) is 0 Å². The number of aliphatic hydroxyl groups excluding tert-OH is 5. The molecule has 0 spiro atoms. The second-order valence-electron chi connectivity index (χ2n) is 2.70. The van der Waals surface area contributed by atoms with Crippen molar-refractivity contribution in [3.8, 4) is 0 Å². The lowest BCUT2D eigenvalue weighted by atomic mass is 10.0. The van der Waals surface area contributed by atoms with E-state index in [1.807, 2.05) is 0 Å². The lowest BCUT2D eigenvalue weighted by molar-refractivity contribution is -0.0643. The Balaban J connectivity index is 3.78. The maximum Gasteiger partial charge on any atom is 0.106 e. The Morgan fingerprint density at radius 2 is 1.58 bits per heavy atom. The summed E-state index contributed by atoms with van der Waals surface area (Å²) >= 11 is 0. The first kappa shape index (κ1) is 11.8. The molecule has 0 heterocycles. The first-order chi connectivity index (χ1) is 5.49. The summed E-state index contributed by atoms with van der Waals surface area (Å²) in [6.45, 7) is 2.60. The number of hydrogen-bond acceptors (Lipinski definition) is 5. The Kier molecular flexibility index (Phi) is 5.36. The van der Waals surface area contributed by atoms with Crippen molar-refractivity contribution in [2.45, 2.75) is 30.8 Å². The molecule has 0 saturated carbocycles. The predicted molar refractivity (Wildman–Crippen MR) is 41.1 cm³/mol. The molecule has 0 fully saturated rings. The highest BCUT2D eigenvalue weighted by Crippen LogP contribution is 2.06. The van der Waals surface area contributed by atoms with Crippen LogP contribution in [0.5, 0.6) is 0 Å². The fourth-order valence-electron chi connectivity index (χ4n) is 0.749. The van der Waals surface area contributed by atoms with Crippen molar-refractivity contribution in [3.05, 3.63) is 6.92 Å². The summed E-state index contributed by atoms with van der Waals surface area (Å²) in [6, 6.07) is 0. The second kappa shape index (κ2) is 5.45. The zero-order valence-electron chi connectivity index (χ0n) is 6.67. The van der Waals surface area contributed by atoms with Crippen molar-refractivity contribution in [2.75, 3.05) is 6.61 Å². The Morgan fingerprint density at radius 1 is 1.08 bits per heavy atom. The van der Waals surface area contributed by atoms with E-state index in [4.69, 9.17) is 25.5 Å². The maximum absolute atomic E-state index is 9.07. The fourth-order valence-corrected chi connectivity index (χ4v) is 0.749. The minimum atomic E-state index is -1.40. The molecule has 0 aliphatic heterocycles. The van der Waals surface area contributed by atoms with Crippen LogP contribution in [0.15, 0.2) is 0 Å². The molecule has 0 rings (SSSR count). The van der Waals surface area contributed by atoms with Gasteiger partial charge < -0.3 is 25.5 Å². The summed E-state index contributed by atoms with van der Waals surface area (Å²) in [5.41, 5.74) is 0. The number of hydrogen-bond donors (Lipinski definition) is 5. The largest absolute Gasteiger partial charge is 0.394 e. The molecule has 1 radical (unpaired) electrons. The molecule has 0 aliphatic rings. The van der Waals surface area contributed by atoms with Crippen LogP contribution in [-0.2, 0) is 0 Å². The number of rotatable bonds is 5. The predicted octanol–water partition coefficient (Wildman–Crippen LogP) is -2.35. The van der Waals surface area contributed by atoms with Gasteiger partial charge in [-0.2, -0.15) is 0 Å². The van der Waals surface area contributed by atoms with Crippen molar-refractivity contribution in [1.29, 1.82) is 0 Å². The molecule has 0 amide bonds. The summed E-state index contributed by atoms with van der Waals surface area (Å²) in [7, 11) is 0. The highest BCUT2D eigenvalue weighted by atomic mass is 16.4. The molecule has 0 aromatic rings. The monoisotopic (exact) mass is 179 g/mol. The van der Waals surface area contributed by atoms with Crippen LogP contribution in [0.3, 0.4) is 0 Å². The lowest BCUT2D eigenvalue weighted by Crippen LogP contribution is -2.38. The molecule has 73 valence electrons. The molecular formula is C7H15O5. The van der Waals surface area contributed by atoms with Gasteiger partial charge in [-0.15, -0.1) is 0 Å². The third-order valence-electron chi connectivity index (χ3n) is 1.51. The van der Waals surface area contributed by atoms with Gasteiger partial charge in [-0.1, -0.05) is 0 Å². The minimum Gasteiger partial charge on any atom is -0.394 e. The fraction of sp³-hybridized carbons (Fsp3) is 0.857. The quantitative estimate of drug-likeness (QED) is 0.325.